The van der Waals surface area contributed by atoms with Crippen molar-refractivity contribution in [2.75, 3.05) is 12.9 Å². The summed E-state index contributed by atoms with van der Waals surface area (Å²) in [6.07, 6.45) is 12.9. The van der Waals surface area contributed by atoms with Crippen molar-refractivity contribution in [2.24, 2.45) is 23.2 Å². The molecule has 0 amide bonds. The topological polar surface area (TPSA) is 73.6 Å². The van der Waals surface area contributed by atoms with E-state index in [1.54, 1.807) is 10.5 Å². The van der Waals surface area contributed by atoms with Gasteiger partial charge in [0.1, 0.15) is 11.5 Å². The van der Waals surface area contributed by atoms with E-state index in [0.29, 0.717) is 16.9 Å². The van der Waals surface area contributed by atoms with Gasteiger partial charge in [0.25, 0.3) is 0 Å². The van der Waals surface area contributed by atoms with Gasteiger partial charge in [0.05, 0.1) is 6.61 Å². The van der Waals surface area contributed by atoms with Crippen LogP contribution in [0.5, 0.6) is 5.75 Å². The van der Waals surface area contributed by atoms with Gasteiger partial charge in [-0.25, -0.2) is 8.42 Å². The summed E-state index contributed by atoms with van der Waals surface area (Å²) in [6, 6.07) is 1.86. The Labute approximate surface area is 165 Å². The summed E-state index contributed by atoms with van der Waals surface area (Å²) in [5.41, 5.74) is 1.77. The lowest BCUT2D eigenvalue weighted by atomic mass is 9.50. The number of aromatic nitrogens is 3. The molecule has 0 atom stereocenters. The van der Waals surface area contributed by atoms with Crippen LogP contribution < -0.4 is 4.74 Å². The summed E-state index contributed by atoms with van der Waals surface area (Å²) in [5.74, 6) is 3.71. The van der Waals surface area contributed by atoms with E-state index in [0.717, 1.165) is 35.7 Å². The number of rotatable bonds is 6. The zero-order chi connectivity index (χ0) is 19.5. The third-order valence-corrected chi connectivity index (χ3v) is 7.70. The van der Waals surface area contributed by atoms with Crippen molar-refractivity contribution < 1.29 is 13.2 Å². The van der Waals surface area contributed by atoms with Crippen LogP contribution in [0.3, 0.4) is 0 Å². The third kappa shape index (κ3) is 3.23. The van der Waals surface area contributed by atoms with E-state index in [9.17, 15) is 8.42 Å². The SMILES string of the molecule is C=Cc1cn2c(CS(C)(=O)=O)nnc2cc1OCC12CC3CC(CC(C3)C1)C2. The van der Waals surface area contributed by atoms with E-state index in [2.05, 4.69) is 16.8 Å². The second-order valence-corrected chi connectivity index (χ2v) is 11.6. The fraction of sp³-hybridized carbons (Fsp3) is 0.619. The summed E-state index contributed by atoms with van der Waals surface area (Å²) in [5, 5.41) is 8.20. The van der Waals surface area contributed by atoms with E-state index in [4.69, 9.17) is 4.74 Å². The molecule has 28 heavy (non-hydrogen) atoms. The molecule has 2 aromatic rings. The zero-order valence-corrected chi connectivity index (χ0v) is 17.1. The normalized spacial score (nSPS) is 31.4. The molecule has 6 rings (SSSR count). The van der Waals surface area contributed by atoms with Crippen molar-refractivity contribution in [3.05, 3.63) is 30.2 Å². The molecule has 0 spiro atoms. The smallest absolute Gasteiger partial charge is 0.164 e. The molecule has 6 nitrogen and oxygen atoms in total. The number of fused-ring (bicyclic) bond motifs is 1. The highest BCUT2D eigenvalue weighted by molar-refractivity contribution is 7.89. The largest absolute Gasteiger partial charge is 0.492 e. The van der Waals surface area contributed by atoms with Crippen LogP contribution in [0.25, 0.3) is 11.7 Å². The van der Waals surface area contributed by atoms with Crippen molar-refractivity contribution in [2.45, 2.75) is 44.3 Å². The van der Waals surface area contributed by atoms with Crippen molar-refractivity contribution >= 4 is 21.6 Å². The average Bonchev–Trinajstić information content (AvgIpc) is 2.98. The molecule has 4 aliphatic rings. The van der Waals surface area contributed by atoms with Gasteiger partial charge in [-0.05, 0) is 56.3 Å². The van der Waals surface area contributed by atoms with Crippen molar-refractivity contribution in [3.8, 4) is 5.75 Å². The van der Waals surface area contributed by atoms with Crippen LogP contribution in [-0.2, 0) is 15.6 Å². The summed E-state index contributed by atoms with van der Waals surface area (Å²) in [6.45, 7) is 4.66. The van der Waals surface area contributed by atoms with Crippen molar-refractivity contribution in [3.63, 3.8) is 0 Å². The first kappa shape index (κ1) is 18.2. The van der Waals surface area contributed by atoms with E-state index < -0.39 is 9.84 Å². The summed E-state index contributed by atoms with van der Waals surface area (Å²) in [7, 11) is -3.18. The van der Waals surface area contributed by atoms with Gasteiger partial charge in [-0.3, -0.25) is 4.40 Å². The predicted molar refractivity (Wildman–Crippen MR) is 108 cm³/mol. The molecule has 0 unspecified atom stereocenters. The molecular weight excluding hydrogens is 374 g/mol. The molecule has 2 aromatic heterocycles. The van der Waals surface area contributed by atoms with E-state index >= 15 is 0 Å². The Morgan fingerprint density at radius 3 is 2.43 bits per heavy atom. The molecule has 0 radical (unpaired) electrons. The fourth-order valence-electron chi connectivity index (χ4n) is 6.29. The number of sulfone groups is 1. The molecular formula is C21H27N3O3S. The fourth-order valence-corrected chi connectivity index (χ4v) is 6.95. The molecule has 4 bridgehead atoms. The van der Waals surface area contributed by atoms with Crippen LogP contribution in [-0.4, -0.2) is 35.9 Å². The first-order chi connectivity index (χ1) is 13.3. The highest BCUT2D eigenvalue weighted by Gasteiger charge is 2.51. The van der Waals surface area contributed by atoms with Crippen molar-refractivity contribution in [1.29, 1.82) is 0 Å². The first-order valence-corrected chi connectivity index (χ1v) is 12.2. The number of hydrogen-bond acceptors (Lipinski definition) is 5. The lowest BCUT2D eigenvalue weighted by molar-refractivity contribution is -0.0745. The lowest BCUT2D eigenvalue weighted by Crippen LogP contribution is -2.48. The Morgan fingerprint density at radius 2 is 1.86 bits per heavy atom. The Balaban J connectivity index is 1.41. The minimum Gasteiger partial charge on any atom is -0.492 e. The van der Waals surface area contributed by atoms with Crippen LogP contribution >= 0.6 is 0 Å². The monoisotopic (exact) mass is 401 g/mol. The number of hydrogen-bond donors (Lipinski definition) is 0. The number of pyridine rings is 1. The molecule has 2 heterocycles. The quantitative estimate of drug-likeness (QED) is 0.740. The molecule has 150 valence electrons. The number of ether oxygens (including phenoxy) is 1. The Morgan fingerprint density at radius 1 is 1.21 bits per heavy atom. The standard InChI is InChI=1S/C21H27N3O3S/c1-3-17-11-24-19(22-23-20(24)12-28(2,25)26)7-18(17)27-13-21-8-14-4-15(9-21)6-16(5-14)10-21/h3,7,11,14-16H,1,4-6,8-10,12-13H2,2H3. The van der Waals surface area contributed by atoms with Gasteiger partial charge in [0, 0.05) is 29.5 Å². The maximum absolute atomic E-state index is 11.6. The first-order valence-electron chi connectivity index (χ1n) is 10.1. The molecule has 4 aliphatic carbocycles. The minimum atomic E-state index is -3.18. The van der Waals surface area contributed by atoms with Gasteiger partial charge in [0.2, 0.25) is 0 Å². The van der Waals surface area contributed by atoms with Gasteiger partial charge in [0.15, 0.2) is 21.3 Å². The van der Waals surface area contributed by atoms with Gasteiger partial charge in [-0.2, -0.15) is 0 Å². The Kier molecular flexibility index (Phi) is 4.09. The van der Waals surface area contributed by atoms with Crippen LogP contribution in [0.15, 0.2) is 18.8 Å². The molecule has 0 saturated heterocycles. The molecule has 0 aromatic carbocycles. The highest BCUT2D eigenvalue weighted by atomic mass is 32.2. The maximum Gasteiger partial charge on any atom is 0.164 e. The summed E-state index contributed by atoms with van der Waals surface area (Å²) < 4.78 is 31.4. The predicted octanol–water partition coefficient (Wildman–Crippen LogP) is 3.51. The molecule has 0 aliphatic heterocycles. The molecule has 4 fully saturated rings. The number of nitrogens with zero attached hydrogens (tertiary/aromatic N) is 3. The maximum atomic E-state index is 11.6. The highest BCUT2D eigenvalue weighted by Crippen LogP contribution is 2.60. The van der Waals surface area contributed by atoms with Gasteiger partial charge >= 0.3 is 0 Å². The molecule has 0 N–H and O–H groups in total. The van der Waals surface area contributed by atoms with Crippen LogP contribution in [0.1, 0.15) is 49.9 Å². The minimum absolute atomic E-state index is 0.141. The Hall–Kier alpha value is -1.89. The van der Waals surface area contributed by atoms with Crippen LogP contribution in [0.2, 0.25) is 0 Å². The third-order valence-electron chi connectivity index (χ3n) is 6.92. The van der Waals surface area contributed by atoms with Gasteiger partial charge in [-0.1, -0.05) is 12.7 Å². The van der Waals surface area contributed by atoms with Gasteiger partial charge < -0.3 is 4.74 Å². The summed E-state index contributed by atoms with van der Waals surface area (Å²) in [4.78, 5) is 0. The van der Waals surface area contributed by atoms with Crippen molar-refractivity contribution in [1.82, 2.24) is 14.6 Å². The zero-order valence-electron chi connectivity index (χ0n) is 16.3. The molecule has 7 heteroatoms. The molecule has 4 saturated carbocycles. The average molecular weight is 402 g/mol. The van der Waals surface area contributed by atoms with Gasteiger partial charge in [-0.15, -0.1) is 10.2 Å². The van der Waals surface area contributed by atoms with Crippen LogP contribution in [0, 0.1) is 23.2 Å². The Bertz CT molecular complexity index is 1010. The van der Waals surface area contributed by atoms with Crippen LogP contribution in [0.4, 0.5) is 0 Å². The second-order valence-electron chi connectivity index (χ2n) is 9.42. The lowest BCUT2D eigenvalue weighted by Gasteiger charge is -2.56. The second kappa shape index (κ2) is 6.31. The summed E-state index contributed by atoms with van der Waals surface area (Å²) >= 11 is 0. The van der Waals surface area contributed by atoms with E-state index in [1.165, 1.54) is 44.8 Å². The van der Waals surface area contributed by atoms with E-state index in [-0.39, 0.29) is 5.75 Å². The van der Waals surface area contributed by atoms with E-state index in [1.807, 2.05) is 12.3 Å².